The molecule has 0 aromatic heterocycles. The summed E-state index contributed by atoms with van der Waals surface area (Å²) >= 11 is 0. The summed E-state index contributed by atoms with van der Waals surface area (Å²) in [6, 6.07) is 0.263. The molecule has 0 radical (unpaired) electrons. The summed E-state index contributed by atoms with van der Waals surface area (Å²) in [7, 11) is 3.93. The van der Waals surface area contributed by atoms with Crippen molar-refractivity contribution in [2.45, 2.75) is 32.9 Å². The standard InChI is InChI=1S/C8H17NO2/c1-6(9(4)5)7(2)11-8(3)10/h6-7H,1-5H3/t6-,7+/m0/s1. The molecule has 0 saturated carbocycles. The summed E-state index contributed by atoms with van der Waals surface area (Å²) in [5.41, 5.74) is 0. The number of hydrogen-bond donors (Lipinski definition) is 0. The third-order valence-electron chi connectivity index (χ3n) is 1.85. The molecule has 2 atom stereocenters. The van der Waals surface area contributed by atoms with E-state index in [0.717, 1.165) is 0 Å². The van der Waals surface area contributed by atoms with Crippen LogP contribution in [0.2, 0.25) is 0 Å². The zero-order valence-electron chi connectivity index (χ0n) is 7.92. The van der Waals surface area contributed by atoms with Crippen molar-refractivity contribution in [3.63, 3.8) is 0 Å². The Morgan fingerprint density at radius 3 is 2.09 bits per heavy atom. The lowest BCUT2D eigenvalue weighted by Crippen LogP contribution is -2.37. The maximum absolute atomic E-state index is 10.5. The van der Waals surface area contributed by atoms with Gasteiger partial charge < -0.3 is 9.64 Å². The number of carbonyl (C=O) groups is 1. The van der Waals surface area contributed by atoms with E-state index in [1.807, 2.05) is 32.8 Å². The van der Waals surface area contributed by atoms with Gasteiger partial charge in [0.1, 0.15) is 6.10 Å². The Hall–Kier alpha value is -0.570. The molecule has 0 rings (SSSR count). The summed E-state index contributed by atoms with van der Waals surface area (Å²) in [6.45, 7) is 5.35. The van der Waals surface area contributed by atoms with Gasteiger partial charge in [-0.05, 0) is 27.9 Å². The van der Waals surface area contributed by atoms with E-state index in [-0.39, 0.29) is 18.1 Å². The van der Waals surface area contributed by atoms with Gasteiger partial charge in [-0.3, -0.25) is 4.79 Å². The lowest BCUT2D eigenvalue weighted by atomic mass is 10.2. The quantitative estimate of drug-likeness (QED) is 0.573. The molecule has 0 aliphatic carbocycles. The number of rotatable bonds is 3. The highest BCUT2D eigenvalue weighted by atomic mass is 16.5. The highest BCUT2D eigenvalue weighted by molar-refractivity contribution is 5.66. The number of nitrogens with zero attached hydrogens (tertiary/aromatic N) is 1. The molecule has 0 amide bonds. The van der Waals surface area contributed by atoms with E-state index >= 15 is 0 Å². The van der Waals surface area contributed by atoms with Gasteiger partial charge in [0.05, 0.1) is 0 Å². The van der Waals surface area contributed by atoms with Gasteiger partial charge in [0.2, 0.25) is 0 Å². The van der Waals surface area contributed by atoms with E-state index < -0.39 is 0 Å². The average Bonchev–Trinajstić information content (AvgIpc) is 1.84. The summed E-state index contributed by atoms with van der Waals surface area (Å²) < 4.78 is 4.99. The normalized spacial score (nSPS) is 16.2. The smallest absolute Gasteiger partial charge is 0.302 e. The molecule has 0 aliphatic heterocycles. The van der Waals surface area contributed by atoms with Crippen LogP contribution in [0.1, 0.15) is 20.8 Å². The first-order chi connectivity index (χ1) is 4.95. The molecule has 3 nitrogen and oxygen atoms in total. The van der Waals surface area contributed by atoms with Gasteiger partial charge in [-0.15, -0.1) is 0 Å². The van der Waals surface area contributed by atoms with Crippen molar-refractivity contribution in [2.24, 2.45) is 0 Å². The zero-order valence-corrected chi connectivity index (χ0v) is 7.92. The molecule has 0 bridgehead atoms. The van der Waals surface area contributed by atoms with Crippen LogP contribution in [0, 0.1) is 0 Å². The van der Waals surface area contributed by atoms with Crippen molar-refractivity contribution in [3.8, 4) is 0 Å². The third-order valence-corrected chi connectivity index (χ3v) is 1.85. The fourth-order valence-electron chi connectivity index (χ4n) is 0.780. The van der Waals surface area contributed by atoms with E-state index in [9.17, 15) is 4.79 Å². The number of carbonyl (C=O) groups excluding carboxylic acids is 1. The number of hydrogen-bond acceptors (Lipinski definition) is 3. The fourth-order valence-corrected chi connectivity index (χ4v) is 0.780. The molecule has 0 N–H and O–H groups in total. The van der Waals surface area contributed by atoms with Gasteiger partial charge in [-0.25, -0.2) is 0 Å². The molecule has 0 saturated heterocycles. The Kier molecular flexibility index (Phi) is 4.11. The molecule has 66 valence electrons. The summed E-state index contributed by atoms with van der Waals surface area (Å²) in [6.07, 6.45) is -0.0394. The molecule has 0 unspecified atom stereocenters. The lowest BCUT2D eigenvalue weighted by molar-refractivity contribution is -0.147. The van der Waals surface area contributed by atoms with Crippen LogP contribution in [0.3, 0.4) is 0 Å². The lowest BCUT2D eigenvalue weighted by Gasteiger charge is -2.25. The highest BCUT2D eigenvalue weighted by Crippen LogP contribution is 2.03. The minimum Gasteiger partial charge on any atom is -0.461 e. The Balaban J connectivity index is 3.82. The molecule has 0 aromatic carbocycles. The Morgan fingerprint density at radius 2 is 1.82 bits per heavy atom. The SMILES string of the molecule is CC(=O)O[C@H](C)[C@H](C)N(C)C. The van der Waals surface area contributed by atoms with E-state index in [2.05, 4.69) is 0 Å². The van der Waals surface area contributed by atoms with Gasteiger partial charge in [0.15, 0.2) is 0 Å². The fraction of sp³-hybridized carbons (Fsp3) is 0.875. The molecule has 0 spiro atoms. The van der Waals surface area contributed by atoms with Gasteiger partial charge in [0, 0.05) is 13.0 Å². The Bertz CT molecular complexity index is 134. The molecule has 11 heavy (non-hydrogen) atoms. The monoisotopic (exact) mass is 159 g/mol. The predicted octanol–water partition coefficient (Wildman–Crippen LogP) is 0.888. The van der Waals surface area contributed by atoms with Crippen LogP contribution in [0.5, 0.6) is 0 Å². The maximum atomic E-state index is 10.5. The average molecular weight is 159 g/mol. The second kappa shape index (κ2) is 4.34. The van der Waals surface area contributed by atoms with Crippen LogP contribution < -0.4 is 0 Å². The van der Waals surface area contributed by atoms with Crippen LogP contribution >= 0.6 is 0 Å². The zero-order chi connectivity index (χ0) is 9.02. The molecular formula is C8H17NO2. The van der Waals surface area contributed by atoms with Crippen LogP contribution in [0.4, 0.5) is 0 Å². The van der Waals surface area contributed by atoms with Crippen molar-refractivity contribution >= 4 is 5.97 Å². The van der Waals surface area contributed by atoms with Crippen molar-refractivity contribution in [1.82, 2.24) is 4.90 Å². The van der Waals surface area contributed by atoms with Crippen LogP contribution in [0.25, 0.3) is 0 Å². The van der Waals surface area contributed by atoms with Crippen LogP contribution in [-0.2, 0) is 9.53 Å². The van der Waals surface area contributed by atoms with Gasteiger partial charge in [0.25, 0.3) is 0 Å². The second-order valence-electron chi connectivity index (χ2n) is 3.02. The number of esters is 1. The summed E-state index contributed by atoms with van der Waals surface area (Å²) in [5, 5.41) is 0. The molecule has 0 aromatic rings. The van der Waals surface area contributed by atoms with Gasteiger partial charge in [-0.1, -0.05) is 0 Å². The minimum absolute atomic E-state index is 0.0394. The highest BCUT2D eigenvalue weighted by Gasteiger charge is 2.15. The molecule has 0 aliphatic rings. The third kappa shape index (κ3) is 3.98. The first kappa shape index (κ1) is 10.4. The number of likely N-dealkylation sites (N-methyl/N-ethyl adjacent to an activating group) is 1. The molecule has 0 heterocycles. The van der Waals surface area contributed by atoms with Crippen molar-refractivity contribution in [2.75, 3.05) is 14.1 Å². The Morgan fingerprint density at radius 1 is 1.36 bits per heavy atom. The summed E-state index contributed by atoms with van der Waals surface area (Å²) in [5.74, 6) is -0.216. The van der Waals surface area contributed by atoms with Gasteiger partial charge >= 0.3 is 5.97 Å². The minimum atomic E-state index is -0.216. The van der Waals surface area contributed by atoms with E-state index in [0.29, 0.717) is 0 Å². The largest absolute Gasteiger partial charge is 0.461 e. The molecular weight excluding hydrogens is 142 g/mol. The van der Waals surface area contributed by atoms with Crippen LogP contribution in [0.15, 0.2) is 0 Å². The molecule has 3 heteroatoms. The Labute approximate surface area is 68.3 Å². The van der Waals surface area contributed by atoms with Gasteiger partial charge in [-0.2, -0.15) is 0 Å². The van der Waals surface area contributed by atoms with E-state index in [1.54, 1.807) is 0 Å². The molecule has 0 fully saturated rings. The van der Waals surface area contributed by atoms with Crippen LogP contribution in [-0.4, -0.2) is 37.1 Å². The van der Waals surface area contributed by atoms with Crippen molar-refractivity contribution in [1.29, 1.82) is 0 Å². The predicted molar refractivity (Wildman–Crippen MR) is 44.4 cm³/mol. The topological polar surface area (TPSA) is 29.5 Å². The van der Waals surface area contributed by atoms with E-state index in [1.165, 1.54) is 6.92 Å². The first-order valence-electron chi connectivity index (χ1n) is 3.78. The second-order valence-corrected chi connectivity index (χ2v) is 3.02. The van der Waals surface area contributed by atoms with Crippen molar-refractivity contribution < 1.29 is 9.53 Å². The first-order valence-corrected chi connectivity index (χ1v) is 3.78. The maximum Gasteiger partial charge on any atom is 0.302 e. The van der Waals surface area contributed by atoms with Crippen molar-refractivity contribution in [3.05, 3.63) is 0 Å². The number of ether oxygens (including phenoxy) is 1. The summed E-state index contributed by atoms with van der Waals surface area (Å²) in [4.78, 5) is 12.6. The van der Waals surface area contributed by atoms with E-state index in [4.69, 9.17) is 4.74 Å².